The molecule has 0 aliphatic heterocycles. The first-order valence-electron chi connectivity index (χ1n) is 3.66. The number of non-ortho nitro benzene ring substituents is 1. The maximum atomic E-state index is 12.4. The molecule has 0 aromatic heterocycles. The summed E-state index contributed by atoms with van der Waals surface area (Å²) in [5, 5.41) is 10.4. The number of hydrogen-bond donors (Lipinski definition) is 0. The molecule has 0 bridgehead atoms. The first-order valence-corrected chi connectivity index (χ1v) is 4.45. The molecule has 0 aliphatic carbocycles. The van der Waals surface area contributed by atoms with Crippen molar-refractivity contribution in [2.75, 3.05) is 0 Å². The molecule has 0 saturated carbocycles. The van der Waals surface area contributed by atoms with Gasteiger partial charge in [0.15, 0.2) is 0 Å². The molecule has 14 heavy (non-hydrogen) atoms. The fourth-order valence-corrected chi connectivity index (χ4v) is 1.48. The lowest BCUT2D eigenvalue weighted by Crippen LogP contribution is -1.95. The van der Waals surface area contributed by atoms with Gasteiger partial charge in [0.2, 0.25) is 0 Å². The van der Waals surface area contributed by atoms with Crippen LogP contribution in [0.1, 0.15) is 17.6 Å². The van der Waals surface area contributed by atoms with Gasteiger partial charge in [0.05, 0.1) is 4.92 Å². The largest absolute Gasteiger partial charge is 0.271 e. The Bertz CT molecular complexity index is 382. The fraction of sp³-hybridized carbons (Fsp3) is 0.250. The summed E-state index contributed by atoms with van der Waals surface area (Å²) in [6, 6.07) is 2.10. The van der Waals surface area contributed by atoms with Gasteiger partial charge in [0.1, 0.15) is 0 Å². The Labute approximate surface area is 87.0 Å². The van der Waals surface area contributed by atoms with E-state index in [9.17, 15) is 18.9 Å². The summed E-state index contributed by atoms with van der Waals surface area (Å²) in [4.78, 5) is 9.68. The fourth-order valence-electron chi connectivity index (χ4n) is 1.02. The van der Waals surface area contributed by atoms with Crippen molar-refractivity contribution in [2.24, 2.45) is 0 Å². The number of nitrogens with zero attached hydrogens (tertiary/aromatic N) is 1. The molecule has 0 heterocycles. The summed E-state index contributed by atoms with van der Waals surface area (Å²) in [5.74, 6) is 0. The number of alkyl halides is 2. The highest BCUT2D eigenvalue weighted by Gasteiger charge is 2.18. The van der Waals surface area contributed by atoms with Crippen molar-refractivity contribution in [3.8, 4) is 0 Å². The van der Waals surface area contributed by atoms with E-state index in [1.807, 2.05) is 0 Å². The van der Waals surface area contributed by atoms with E-state index in [2.05, 4.69) is 15.9 Å². The van der Waals surface area contributed by atoms with Gasteiger partial charge in [-0.2, -0.15) is 0 Å². The average Bonchev–Trinajstić information content (AvgIpc) is 2.08. The van der Waals surface area contributed by atoms with Gasteiger partial charge in [0.25, 0.3) is 12.1 Å². The summed E-state index contributed by atoms with van der Waals surface area (Å²) in [6.07, 6.45) is -2.70. The molecule has 0 atom stereocenters. The van der Waals surface area contributed by atoms with Crippen LogP contribution in [0.5, 0.6) is 0 Å². The summed E-state index contributed by atoms with van der Waals surface area (Å²) in [5.41, 5.74) is -0.325. The molecule has 0 unspecified atom stereocenters. The predicted molar refractivity (Wildman–Crippen MR) is 50.5 cm³/mol. The van der Waals surface area contributed by atoms with Crippen LogP contribution in [-0.2, 0) is 0 Å². The van der Waals surface area contributed by atoms with Crippen molar-refractivity contribution in [3.63, 3.8) is 0 Å². The number of nitro benzene ring substituents is 1. The highest BCUT2D eigenvalue weighted by molar-refractivity contribution is 9.10. The van der Waals surface area contributed by atoms with Gasteiger partial charge in [-0.05, 0) is 12.5 Å². The van der Waals surface area contributed by atoms with Crippen molar-refractivity contribution >= 4 is 21.6 Å². The molecule has 1 rings (SSSR count). The van der Waals surface area contributed by atoms with Crippen LogP contribution in [0, 0.1) is 17.0 Å². The topological polar surface area (TPSA) is 43.1 Å². The molecule has 3 nitrogen and oxygen atoms in total. The monoisotopic (exact) mass is 265 g/mol. The lowest BCUT2D eigenvalue weighted by atomic mass is 10.1. The van der Waals surface area contributed by atoms with E-state index in [1.54, 1.807) is 0 Å². The molecule has 1 aromatic carbocycles. The number of nitro groups is 1. The summed E-state index contributed by atoms with van der Waals surface area (Å²) in [6.45, 7) is 1.48. The van der Waals surface area contributed by atoms with Crippen LogP contribution in [0.25, 0.3) is 0 Å². The predicted octanol–water partition coefficient (Wildman–Crippen LogP) is 3.60. The highest BCUT2D eigenvalue weighted by Crippen LogP contribution is 2.32. The summed E-state index contributed by atoms with van der Waals surface area (Å²) >= 11 is 3.00. The molecule has 0 spiro atoms. The van der Waals surface area contributed by atoms with Crippen LogP contribution in [0.2, 0.25) is 0 Å². The minimum atomic E-state index is -2.70. The first-order chi connectivity index (χ1) is 6.43. The van der Waals surface area contributed by atoms with E-state index in [4.69, 9.17) is 0 Å². The van der Waals surface area contributed by atoms with E-state index >= 15 is 0 Å². The van der Waals surface area contributed by atoms with E-state index in [0.29, 0.717) is 10.0 Å². The van der Waals surface area contributed by atoms with E-state index in [-0.39, 0.29) is 11.3 Å². The average molecular weight is 266 g/mol. The molecule has 0 radical (unpaired) electrons. The Morgan fingerprint density at radius 2 is 2.07 bits per heavy atom. The van der Waals surface area contributed by atoms with E-state index in [0.717, 1.165) is 6.07 Å². The van der Waals surface area contributed by atoms with Crippen molar-refractivity contribution in [3.05, 3.63) is 37.8 Å². The lowest BCUT2D eigenvalue weighted by Gasteiger charge is -2.06. The SMILES string of the molecule is Cc1c(Br)cc([N+](=O)[O-])cc1C(F)F. The second-order valence-corrected chi connectivity index (χ2v) is 3.55. The molecule has 0 aliphatic rings. The van der Waals surface area contributed by atoms with Crippen LogP contribution in [0.3, 0.4) is 0 Å². The van der Waals surface area contributed by atoms with Crippen molar-refractivity contribution in [1.29, 1.82) is 0 Å². The van der Waals surface area contributed by atoms with Crippen molar-refractivity contribution in [2.45, 2.75) is 13.3 Å². The van der Waals surface area contributed by atoms with Crippen LogP contribution < -0.4 is 0 Å². The molecule has 0 saturated heterocycles. The Morgan fingerprint density at radius 1 is 1.50 bits per heavy atom. The second-order valence-electron chi connectivity index (χ2n) is 2.70. The van der Waals surface area contributed by atoms with Gasteiger partial charge in [0, 0.05) is 22.2 Å². The van der Waals surface area contributed by atoms with Crippen LogP contribution in [-0.4, -0.2) is 4.92 Å². The number of benzene rings is 1. The molecule has 0 N–H and O–H groups in total. The van der Waals surface area contributed by atoms with Gasteiger partial charge in [-0.25, -0.2) is 8.78 Å². The van der Waals surface area contributed by atoms with Gasteiger partial charge in [-0.1, -0.05) is 15.9 Å². The quantitative estimate of drug-likeness (QED) is 0.606. The zero-order valence-corrected chi connectivity index (χ0v) is 8.72. The smallest absolute Gasteiger partial charge is 0.258 e. The molecule has 76 valence electrons. The Kier molecular flexibility index (Phi) is 3.15. The van der Waals surface area contributed by atoms with E-state index in [1.165, 1.54) is 13.0 Å². The van der Waals surface area contributed by atoms with Crippen molar-refractivity contribution in [1.82, 2.24) is 0 Å². The maximum absolute atomic E-state index is 12.4. The normalized spacial score (nSPS) is 10.6. The van der Waals surface area contributed by atoms with Crippen LogP contribution in [0.4, 0.5) is 14.5 Å². The third kappa shape index (κ3) is 2.06. The van der Waals surface area contributed by atoms with Gasteiger partial charge >= 0.3 is 0 Å². The Balaban J connectivity index is 3.35. The summed E-state index contributed by atoms with van der Waals surface area (Å²) < 4.78 is 25.1. The third-order valence-corrected chi connectivity index (χ3v) is 2.64. The molecule has 1 aromatic rings. The standard InChI is InChI=1S/C8H6BrF2NO2/c1-4-6(8(10)11)2-5(12(13)14)3-7(4)9/h2-3,8H,1H3. The van der Waals surface area contributed by atoms with Crippen LogP contribution in [0.15, 0.2) is 16.6 Å². The minimum Gasteiger partial charge on any atom is -0.258 e. The number of halogens is 3. The Morgan fingerprint density at radius 3 is 2.50 bits per heavy atom. The van der Waals surface area contributed by atoms with Gasteiger partial charge < -0.3 is 0 Å². The molecule has 0 fully saturated rings. The highest BCUT2D eigenvalue weighted by atomic mass is 79.9. The molecule has 6 heteroatoms. The minimum absolute atomic E-state index is 0.314. The number of hydrogen-bond acceptors (Lipinski definition) is 2. The third-order valence-electron chi connectivity index (χ3n) is 1.82. The first kappa shape index (κ1) is 11.0. The second kappa shape index (κ2) is 4.00. The van der Waals surface area contributed by atoms with Gasteiger partial charge in [-0.3, -0.25) is 10.1 Å². The number of rotatable bonds is 2. The molecule has 0 amide bonds. The van der Waals surface area contributed by atoms with Crippen molar-refractivity contribution < 1.29 is 13.7 Å². The molecular weight excluding hydrogens is 260 g/mol. The molecular formula is C8H6BrF2NO2. The van der Waals surface area contributed by atoms with Crippen LogP contribution >= 0.6 is 15.9 Å². The summed E-state index contributed by atoms with van der Waals surface area (Å²) in [7, 11) is 0. The zero-order chi connectivity index (χ0) is 10.9. The van der Waals surface area contributed by atoms with E-state index < -0.39 is 11.3 Å². The maximum Gasteiger partial charge on any atom is 0.271 e. The zero-order valence-electron chi connectivity index (χ0n) is 7.13. The Hall–Kier alpha value is -1.04. The van der Waals surface area contributed by atoms with Gasteiger partial charge in [-0.15, -0.1) is 0 Å². The lowest BCUT2D eigenvalue weighted by molar-refractivity contribution is -0.385.